The highest BCUT2D eigenvalue weighted by Gasteiger charge is 2.51. The maximum Gasteiger partial charge on any atom is 0.330 e. The topological polar surface area (TPSA) is 66.5 Å². The van der Waals surface area contributed by atoms with Gasteiger partial charge < -0.3 is 0 Å². The molecular formula is C14H24N2O3. The number of nitrogens with zero attached hydrogens (tertiary/aromatic N) is 1. The maximum atomic E-state index is 12.5. The predicted octanol–water partition coefficient (Wildman–Crippen LogP) is 2.31. The summed E-state index contributed by atoms with van der Waals surface area (Å²) in [4.78, 5) is 37.6. The molecular weight excluding hydrogens is 244 g/mol. The van der Waals surface area contributed by atoms with Gasteiger partial charge in [-0.2, -0.15) is 0 Å². The van der Waals surface area contributed by atoms with Gasteiger partial charge in [0.2, 0.25) is 11.8 Å². The standard InChI is InChI=1S/C14H24N2O3/c1-5-10(6-2)9-16-12(18)14(7-3,8-4)11(17)15-13(16)19/h10H,5-9H2,1-4H3,(H,15,17,19). The fourth-order valence-corrected chi connectivity index (χ4v) is 2.58. The Bertz CT molecular complexity index is 371. The monoisotopic (exact) mass is 268 g/mol. The minimum Gasteiger partial charge on any atom is -0.277 e. The SMILES string of the molecule is CCC(CC)CN1C(=O)NC(=O)C(CC)(CC)C1=O. The van der Waals surface area contributed by atoms with Crippen LogP contribution in [-0.2, 0) is 9.59 Å². The van der Waals surface area contributed by atoms with E-state index in [1.165, 1.54) is 4.90 Å². The van der Waals surface area contributed by atoms with Gasteiger partial charge >= 0.3 is 6.03 Å². The molecule has 4 amide bonds. The molecule has 0 aromatic heterocycles. The average Bonchev–Trinajstić information content (AvgIpc) is 2.40. The van der Waals surface area contributed by atoms with Crippen molar-refractivity contribution in [2.24, 2.45) is 11.3 Å². The van der Waals surface area contributed by atoms with Crippen molar-refractivity contribution in [3.63, 3.8) is 0 Å². The lowest BCUT2D eigenvalue weighted by Crippen LogP contribution is -2.64. The van der Waals surface area contributed by atoms with Crippen molar-refractivity contribution >= 4 is 17.8 Å². The van der Waals surface area contributed by atoms with Gasteiger partial charge in [0.25, 0.3) is 0 Å². The molecule has 1 heterocycles. The third-order valence-corrected chi connectivity index (χ3v) is 4.36. The van der Waals surface area contributed by atoms with Gasteiger partial charge in [-0.1, -0.05) is 40.5 Å². The number of hydrogen-bond donors (Lipinski definition) is 1. The first-order valence-corrected chi connectivity index (χ1v) is 7.14. The first-order chi connectivity index (χ1) is 8.96. The van der Waals surface area contributed by atoms with Crippen molar-refractivity contribution in [2.75, 3.05) is 6.54 Å². The maximum absolute atomic E-state index is 12.5. The van der Waals surface area contributed by atoms with Crippen molar-refractivity contribution in [3.05, 3.63) is 0 Å². The average molecular weight is 268 g/mol. The van der Waals surface area contributed by atoms with E-state index in [9.17, 15) is 14.4 Å². The van der Waals surface area contributed by atoms with Gasteiger partial charge in [-0.05, 0) is 18.8 Å². The van der Waals surface area contributed by atoms with E-state index in [2.05, 4.69) is 5.32 Å². The van der Waals surface area contributed by atoms with Crippen LogP contribution in [0.3, 0.4) is 0 Å². The third-order valence-electron chi connectivity index (χ3n) is 4.36. The molecule has 0 aromatic rings. The quantitative estimate of drug-likeness (QED) is 0.752. The van der Waals surface area contributed by atoms with Gasteiger partial charge in [-0.15, -0.1) is 0 Å². The van der Waals surface area contributed by atoms with E-state index in [1.807, 2.05) is 27.7 Å². The van der Waals surface area contributed by atoms with E-state index in [-0.39, 0.29) is 11.8 Å². The molecule has 0 bridgehead atoms. The van der Waals surface area contributed by atoms with Gasteiger partial charge in [-0.25, -0.2) is 4.79 Å². The van der Waals surface area contributed by atoms with Crippen molar-refractivity contribution in [3.8, 4) is 0 Å². The van der Waals surface area contributed by atoms with E-state index < -0.39 is 17.4 Å². The van der Waals surface area contributed by atoms with Gasteiger partial charge in [-0.3, -0.25) is 19.8 Å². The van der Waals surface area contributed by atoms with Crippen molar-refractivity contribution in [1.29, 1.82) is 0 Å². The van der Waals surface area contributed by atoms with E-state index in [0.717, 1.165) is 12.8 Å². The van der Waals surface area contributed by atoms with Gasteiger partial charge in [0.15, 0.2) is 0 Å². The Morgan fingerprint density at radius 2 is 1.58 bits per heavy atom. The number of barbiturate groups is 1. The molecule has 0 radical (unpaired) electrons. The minimum absolute atomic E-state index is 0.286. The van der Waals surface area contributed by atoms with Crippen LogP contribution in [0.4, 0.5) is 4.79 Å². The van der Waals surface area contributed by atoms with Gasteiger partial charge in [0, 0.05) is 6.54 Å². The summed E-state index contributed by atoms with van der Waals surface area (Å²) in [6.45, 7) is 8.10. The molecule has 108 valence electrons. The first-order valence-electron chi connectivity index (χ1n) is 7.14. The molecule has 0 aliphatic carbocycles. The van der Waals surface area contributed by atoms with Crippen LogP contribution < -0.4 is 5.32 Å². The molecule has 1 saturated heterocycles. The summed E-state index contributed by atoms with van der Waals surface area (Å²) < 4.78 is 0. The van der Waals surface area contributed by atoms with Crippen LogP contribution in [0.25, 0.3) is 0 Å². The van der Waals surface area contributed by atoms with E-state index in [0.29, 0.717) is 19.4 Å². The molecule has 5 nitrogen and oxygen atoms in total. The largest absolute Gasteiger partial charge is 0.330 e. The molecule has 0 saturated carbocycles. The zero-order valence-corrected chi connectivity index (χ0v) is 12.3. The second-order valence-electron chi connectivity index (χ2n) is 5.15. The van der Waals surface area contributed by atoms with Crippen molar-refractivity contribution in [1.82, 2.24) is 10.2 Å². The smallest absolute Gasteiger partial charge is 0.277 e. The first kappa shape index (κ1) is 15.7. The van der Waals surface area contributed by atoms with Crippen molar-refractivity contribution in [2.45, 2.75) is 53.4 Å². The minimum atomic E-state index is -1.07. The van der Waals surface area contributed by atoms with E-state index in [4.69, 9.17) is 0 Å². The summed E-state index contributed by atoms with van der Waals surface area (Å²) in [5.74, 6) is -0.499. The Balaban J connectivity index is 3.02. The molecule has 19 heavy (non-hydrogen) atoms. The lowest BCUT2D eigenvalue weighted by molar-refractivity contribution is -0.152. The molecule has 1 aliphatic rings. The number of rotatable bonds is 6. The molecule has 0 atom stereocenters. The number of nitrogens with one attached hydrogen (secondary N) is 1. The zero-order chi connectivity index (χ0) is 14.6. The summed E-state index contributed by atoms with van der Waals surface area (Å²) in [7, 11) is 0. The van der Waals surface area contributed by atoms with Crippen LogP contribution in [0.15, 0.2) is 0 Å². The highest BCUT2D eigenvalue weighted by molar-refractivity contribution is 6.19. The van der Waals surface area contributed by atoms with Crippen molar-refractivity contribution < 1.29 is 14.4 Å². The van der Waals surface area contributed by atoms with Gasteiger partial charge in [0.05, 0.1) is 0 Å². The number of imide groups is 2. The second-order valence-corrected chi connectivity index (χ2v) is 5.15. The highest BCUT2D eigenvalue weighted by Crippen LogP contribution is 2.32. The highest BCUT2D eigenvalue weighted by atomic mass is 16.2. The molecule has 1 aliphatic heterocycles. The zero-order valence-electron chi connectivity index (χ0n) is 12.3. The summed E-state index contributed by atoms with van der Waals surface area (Å²) in [6, 6.07) is -0.570. The fraction of sp³-hybridized carbons (Fsp3) is 0.786. The molecule has 1 fully saturated rings. The Morgan fingerprint density at radius 3 is 2.00 bits per heavy atom. The number of amides is 4. The molecule has 5 heteroatoms. The van der Waals surface area contributed by atoms with Crippen LogP contribution in [0.2, 0.25) is 0 Å². The summed E-state index contributed by atoms with van der Waals surface area (Å²) in [5.41, 5.74) is -1.07. The van der Waals surface area contributed by atoms with E-state index >= 15 is 0 Å². The van der Waals surface area contributed by atoms with Crippen LogP contribution in [0.5, 0.6) is 0 Å². The number of carbonyl (C=O) groups is 3. The Labute approximate surface area is 114 Å². The third kappa shape index (κ3) is 2.65. The second kappa shape index (κ2) is 6.17. The van der Waals surface area contributed by atoms with E-state index in [1.54, 1.807) is 0 Å². The van der Waals surface area contributed by atoms with Gasteiger partial charge in [0.1, 0.15) is 5.41 Å². The number of hydrogen-bond acceptors (Lipinski definition) is 3. The Morgan fingerprint density at radius 1 is 1.05 bits per heavy atom. The molecule has 1 N–H and O–H groups in total. The lowest BCUT2D eigenvalue weighted by atomic mass is 9.78. The van der Waals surface area contributed by atoms with Crippen LogP contribution in [0.1, 0.15) is 53.4 Å². The molecule has 0 unspecified atom stereocenters. The van der Waals surface area contributed by atoms with Crippen LogP contribution in [-0.4, -0.2) is 29.3 Å². The Kier molecular flexibility index (Phi) is 5.09. The normalized spacial score (nSPS) is 19.0. The number of carbonyl (C=O) groups excluding carboxylic acids is 3. The molecule has 0 spiro atoms. The lowest BCUT2D eigenvalue weighted by Gasteiger charge is -2.39. The number of urea groups is 1. The Hall–Kier alpha value is -1.39. The summed E-state index contributed by atoms with van der Waals surface area (Å²) >= 11 is 0. The molecule has 0 aromatic carbocycles. The summed E-state index contributed by atoms with van der Waals surface area (Å²) in [6.07, 6.45) is 2.65. The fourth-order valence-electron chi connectivity index (χ4n) is 2.58. The predicted molar refractivity (Wildman–Crippen MR) is 72.3 cm³/mol. The van der Waals surface area contributed by atoms with Crippen LogP contribution >= 0.6 is 0 Å². The summed E-state index contributed by atoms with van der Waals surface area (Å²) in [5, 5.41) is 2.33. The van der Waals surface area contributed by atoms with Crippen LogP contribution in [0, 0.1) is 11.3 Å². The molecule has 1 rings (SSSR count).